The monoisotopic (exact) mass is 310 g/mol. The number of carbonyl (C=O) groups is 1. The first-order valence-electron chi connectivity index (χ1n) is 7.68. The zero-order valence-electron chi connectivity index (χ0n) is 13.4. The molecule has 21 heavy (non-hydrogen) atoms. The molecule has 0 saturated heterocycles. The van der Waals surface area contributed by atoms with E-state index < -0.39 is 15.1 Å². The maximum absolute atomic E-state index is 12.1. The van der Waals surface area contributed by atoms with Gasteiger partial charge < -0.3 is 0 Å². The van der Waals surface area contributed by atoms with E-state index in [4.69, 9.17) is 0 Å². The lowest BCUT2D eigenvalue weighted by molar-refractivity contribution is -0.118. The molecule has 0 spiro atoms. The second kappa shape index (κ2) is 7.74. The van der Waals surface area contributed by atoms with Crippen molar-refractivity contribution < 1.29 is 13.2 Å². The van der Waals surface area contributed by atoms with Crippen LogP contribution in [0.1, 0.15) is 64.9 Å². The Labute approximate surface area is 128 Å². The summed E-state index contributed by atoms with van der Waals surface area (Å²) in [5.41, 5.74) is 1.11. The second-order valence-corrected chi connectivity index (χ2v) is 8.20. The molecule has 3 nitrogen and oxygen atoms in total. The molecule has 0 aliphatic carbocycles. The van der Waals surface area contributed by atoms with Crippen molar-refractivity contribution in [1.29, 1.82) is 0 Å². The number of rotatable bonds is 8. The van der Waals surface area contributed by atoms with E-state index in [1.807, 2.05) is 19.1 Å². The van der Waals surface area contributed by atoms with Gasteiger partial charge in [-0.1, -0.05) is 26.0 Å². The van der Waals surface area contributed by atoms with E-state index in [1.165, 1.54) is 0 Å². The van der Waals surface area contributed by atoms with Gasteiger partial charge in [0.2, 0.25) is 0 Å². The van der Waals surface area contributed by atoms with Crippen LogP contribution in [0, 0.1) is 0 Å². The van der Waals surface area contributed by atoms with E-state index >= 15 is 0 Å². The Morgan fingerprint density at radius 3 is 2.10 bits per heavy atom. The number of benzene rings is 1. The Bertz CT molecular complexity index is 556. The van der Waals surface area contributed by atoms with E-state index in [1.54, 1.807) is 26.0 Å². The molecule has 1 atom stereocenters. The highest BCUT2D eigenvalue weighted by atomic mass is 32.2. The third-order valence-corrected chi connectivity index (χ3v) is 6.13. The third-order valence-electron chi connectivity index (χ3n) is 3.96. The van der Waals surface area contributed by atoms with Crippen LogP contribution in [0.25, 0.3) is 0 Å². The SMILES string of the molecule is CCC(=O)CCC(CC)c1ccc(S(=O)(=O)C(C)C)cc1. The summed E-state index contributed by atoms with van der Waals surface area (Å²) in [5.74, 6) is 0.601. The van der Waals surface area contributed by atoms with Crippen molar-refractivity contribution in [2.45, 2.75) is 69.4 Å². The van der Waals surface area contributed by atoms with Gasteiger partial charge in [0.25, 0.3) is 0 Å². The maximum Gasteiger partial charge on any atom is 0.180 e. The first-order chi connectivity index (χ1) is 9.82. The van der Waals surface area contributed by atoms with Crippen molar-refractivity contribution in [2.75, 3.05) is 0 Å². The van der Waals surface area contributed by atoms with E-state index in [2.05, 4.69) is 6.92 Å². The fourth-order valence-electron chi connectivity index (χ4n) is 2.32. The van der Waals surface area contributed by atoms with Crippen LogP contribution in [0.2, 0.25) is 0 Å². The lowest BCUT2D eigenvalue weighted by Gasteiger charge is -2.16. The highest BCUT2D eigenvalue weighted by molar-refractivity contribution is 7.92. The summed E-state index contributed by atoms with van der Waals surface area (Å²) in [6.45, 7) is 7.36. The predicted octanol–water partition coefficient (Wildman–Crippen LogP) is 4.12. The zero-order valence-corrected chi connectivity index (χ0v) is 14.2. The largest absolute Gasteiger partial charge is 0.300 e. The molecule has 0 amide bonds. The minimum absolute atomic E-state index is 0.285. The molecule has 1 unspecified atom stereocenters. The Kier molecular flexibility index (Phi) is 6.59. The Morgan fingerprint density at radius 2 is 1.67 bits per heavy atom. The van der Waals surface area contributed by atoms with Crippen LogP contribution in [0.4, 0.5) is 0 Å². The smallest absolute Gasteiger partial charge is 0.180 e. The van der Waals surface area contributed by atoms with Crippen molar-refractivity contribution in [2.24, 2.45) is 0 Å². The first kappa shape index (κ1) is 17.9. The zero-order chi connectivity index (χ0) is 16.0. The quantitative estimate of drug-likeness (QED) is 0.725. The van der Waals surface area contributed by atoms with Gasteiger partial charge in [-0.25, -0.2) is 8.42 Å². The Hall–Kier alpha value is -1.16. The van der Waals surface area contributed by atoms with Crippen LogP contribution >= 0.6 is 0 Å². The summed E-state index contributed by atoms with van der Waals surface area (Å²) in [7, 11) is -3.21. The van der Waals surface area contributed by atoms with Crippen LogP contribution in [0.5, 0.6) is 0 Å². The summed E-state index contributed by atoms with van der Waals surface area (Å²) in [5, 5.41) is -0.410. The van der Waals surface area contributed by atoms with E-state index in [0.29, 0.717) is 23.7 Å². The van der Waals surface area contributed by atoms with Crippen LogP contribution in [-0.4, -0.2) is 19.5 Å². The molecule has 0 radical (unpaired) electrons. The molecule has 1 rings (SSSR count). The number of hydrogen-bond acceptors (Lipinski definition) is 3. The third kappa shape index (κ3) is 4.67. The fraction of sp³-hybridized carbons (Fsp3) is 0.588. The summed E-state index contributed by atoms with van der Waals surface area (Å²) in [6, 6.07) is 7.16. The normalized spacial score (nSPS) is 13.4. The van der Waals surface area contributed by atoms with Crippen LogP contribution in [0.3, 0.4) is 0 Å². The Morgan fingerprint density at radius 1 is 1.10 bits per heavy atom. The van der Waals surface area contributed by atoms with Gasteiger partial charge in [-0.15, -0.1) is 0 Å². The summed E-state index contributed by atoms with van der Waals surface area (Å²) < 4.78 is 24.2. The summed E-state index contributed by atoms with van der Waals surface area (Å²) >= 11 is 0. The molecule has 0 aliphatic rings. The van der Waals surface area contributed by atoms with Gasteiger partial charge in [0.05, 0.1) is 10.1 Å². The molecule has 0 heterocycles. The number of carbonyl (C=O) groups excluding carboxylic acids is 1. The van der Waals surface area contributed by atoms with Crippen LogP contribution < -0.4 is 0 Å². The molecular formula is C17H26O3S. The molecule has 4 heteroatoms. The highest BCUT2D eigenvalue weighted by Gasteiger charge is 2.19. The minimum atomic E-state index is -3.21. The summed E-state index contributed by atoms with van der Waals surface area (Å²) in [4.78, 5) is 11.8. The van der Waals surface area contributed by atoms with Crippen molar-refractivity contribution in [3.05, 3.63) is 29.8 Å². The van der Waals surface area contributed by atoms with Gasteiger partial charge in [0.1, 0.15) is 5.78 Å². The van der Waals surface area contributed by atoms with E-state index in [-0.39, 0.29) is 5.78 Å². The van der Waals surface area contributed by atoms with Gasteiger partial charge in [-0.05, 0) is 50.3 Å². The van der Waals surface area contributed by atoms with Crippen molar-refractivity contribution in [3.63, 3.8) is 0 Å². The second-order valence-electron chi connectivity index (χ2n) is 5.70. The molecule has 1 aromatic rings. The molecule has 0 N–H and O–H groups in total. The standard InChI is InChI=1S/C17H26O3S/c1-5-14(7-10-16(18)6-2)15-8-11-17(12-9-15)21(19,20)13(3)4/h8-9,11-14H,5-7,10H2,1-4H3. The molecule has 0 saturated carbocycles. The Balaban J connectivity index is 2.87. The van der Waals surface area contributed by atoms with Gasteiger partial charge in [-0.3, -0.25) is 4.79 Å². The number of Topliss-reactive ketones (excluding diaryl/α,β-unsaturated/α-hetero) is 1. The molecule has 0 fully saturated rings. The van der Waals surface area contributed by atoms with Gasteiger partial charge >= 0.3 is 0 Å². The van der Waals surface area contributed by atoms with Crippen molar-refractivity contribution in [3.8, 4) is 0 Å². The number of hydrogen-bond donors (Lipinski definition) is 0. The molecular weight excluding hydrogens is 284 g/mol. The van der Waals surface area contributed by atoms with Crippen LogP contribution in [-0.2, 0) is 14.6 Å². The average Bonchev–Trinajstić information content (AvgIpc) is 2.47. The van der Waals surface area contributed by atoms with Gasteiger partial charge in [0, 0.05) is 12.8 Å². The predicted molar refractivity (Wildman–Crippen MR) is 86.3 cm³/mol. The lowest BCUT2D eigenvalue weighted by Crippen LogP contribution is -2.14. The fourth-order valence-corrected chi connectivity index (χ4v) is 3.38. The van der Waals surface area contributed by atoms with E-state index in [9.17, 15) is 13.2 Å². The topological polar surface area (TPSA) is 51.2 Å². The lowest BCUT2D eigenvalue weighted by atomic mass is 9.91. The number of ketones is 1. The first-order valence-corrected chi connectivity index (χ1v) is 9.23. The van der Waals surface area contributed by atoms with Crippen LogP contribution in [0.15, 0.2) is 29.2 Å². The molecule has 0 aliphatic heterocycles. The van der Waals surface area contributed by atoms with Crippen molar-refractivity contribution in [1.82, 2.24) is 0 Å². The average molecular weight is 310 g/mol. The van der Waals surface area contributed by atoms with Crippen molar-refractivity contribution >= 4 is 15.6 Å². The minimum Gasteiger partial charge on any atom is -0.300 e. The van der Waals surface area contributed by atoms with E-state index in [0.717, 1.165) is 18.4 Å². The van der Waals surface area contributed by atoms with Gasteiger partial charge in [0.15, 0.2) is 9.84 Å². The maximum atomic E-state index is 12.1. The highest BCUT2D eigenvalue weighted by Crippen LogP contribution is 2.27. The van der Waals surface area contributed by atoms with Gasteiger partial charge in [-0.2, -0.15) is 0 Å². The molecule has 0 aromatic heterocycles. The molecule has 1 aromatic carbocycles. The summed E-state index contributed by atoms with van der Waals surface area (Å²) in [6.07, 6.45) is 2.97. The molecule has 118 valence electrons. The molecule has 0 bridgehead atoms. The number of sulfone groups is 1.